The minimum Gasteiger partial charge on any atom is -0.208 e. The van der Waals surface area contributed by atoms with Crippen molar-refractivity contribution in [3.63, 3.8) is 0 Å². The van der Waals surface area contributed by atoms with Crippen LogP contribution in [-0.2, 0) is 5.41 Å². The molecule has 4 aromatic carbocycles. The van der Waals surface area contributed by atoms with Crippen LogP contribution in [0.15, 0.2) is 153 Å². The number of allylic oxidation sites excluding steroid dienone is 7. The summed E-state index contributed by atoms with van der Waals surface area (Å²) in [6, 6.07) is 38.0. The van der Waals surface area contributed by atoms with Gasteiger partial charge in [-0.1, -0.05) is 173 Å². The van der Waals surface area contributed by atoms with Gasteiger partial charge in [0.15, 0.2) is 17.5 Å². The molecule has 0 radical (unpaired) electrons. The number of rotatable bonds is 12. The van der Waals surface area contributed by atoms with E-state index in [2.05, 4.69) is 106 Å². The van der Waals surface area contributed by atoms with Crippen molar-refractivity contribution in [2.45, 2.75) is 39.0 Å². The quantitative estimate of drug-likeness (QED) is 0.134. The molecule has 0 aliphatic carbocycles. The maximum Gasteiger partial charge on any atom is 0.164 e. The van der Waals surface area contributed by atoms with Crippen molar-refractivity contribution >= 4 is 17.2 Å². The molecule has 1 aromatic heterocycles. The van der Waals surface area contributed by atoms with Crippen molar-refractivity contribution in [1.29, 1.82) is 0 Å². The summed E-state index contributed by atoms with van der Waals surface area (Å²) in [7, 11) is 0. The van der Waals surface area contributed by atoms with Gasteiger partial charge >= 0.3 is 0 Å². The lowest BCUT2D eigenvalue weighted by Gasteiger charge is -2.33. The summed E-state index contributed by atoms with van der Waals surface area (Å²) in [6.07, 6.45) is 14.1. The second-order valence-corrected chi connectivity index (χ2v) is 11.2. The molecule has 0 fully saturated rings. The Kier molecular flexibility index (Phi) is 10.5. The van der Waals surface area contributed by atoms with E-state index in [1.165, 1.54) is 11.1 Å². The molecule has 0 bridgehead atoms. The third-order valence-electron chi connectivity index (χ3n) is 8.58. The minimum atomic E-state index is -0.107. The molecule has 0 aliphatic rings. The van der Waals surface area contributed by atoms with Crippen molar-refractivity contribution in [1.82, 2.24) is 15.0 Å². The molecule has 5 aromatic rings. The van der Waals surface area contributed by atoms with Gasteiger partial charge in [-0.3, -0.25) is 0 Å². The summed E-state index contributed by atoms with van der Waals surface area (Å²) in [5, 5.41) is 0. The van der Waals surface area contributed by atoms with Crippen LogP contribution in [0.5, 0.6) is 0 Å². The highest BCUT2D eigenvalue weighted by atomic mass is 15.0. The molecule has 5 rings (SSSR count). The van der Waals surface area contributed by atoms with Gasteiger partial charge in [0.2, 0.25) is 0 Å². The maximum absolute atomic E-state index is 4.87. The fourth-order valence-electron chi connectivity index (χ4n) is 5.90. The molecule has 0 saturated heterocycles. The summed E-state index contributed by atoms with van der Waals surface area (Å²) < 4.78 is 0. The fraction of sp³-hybridized carbons (Fsp3) is 0.140. The van der Waals surface area contributed by atoms with Crippen LogP contribution in [0, 0.1) is 0 Å². The molecule has 0 unspecified atom stereocenters. The second kappa shape index (κ2) is 15.0. The molecule has 0 N–H and O–H groups in total. The van der Waals surface area contributed by atoms with Gasteiger partial charge in [-0.2, -0.15) is 0 Å². The summed E-state index contributed by atoms with van der Waals surface area (Å²) in [4.78, 5) is 14.4. The van der Waals surface area contributed by atoms with Crippen LogP contribution in [0.2, 0.25) is 0 Å². The normalized spacial score (nSPS) is 12.1. The Balaban J connectivity index is 1.43. The van der Waals surface area contributed by atoms with Gasteiger partial charge in [-0.15, -0.1) is 0 Å². The van der Waals surface area contributed by atoms with E-state index >= 15 is 0 Å². The molecule has 0 atom stereocenters. The highest BCUT2D eigenvalue weighted by Gasteiger charge is 2.30. The van der Waals surface area contributed by atoms with Crippen LogP contribution in [0.1, 0.15) is 61.7 Å². The Morgan fingerprint density at radius 1 is 0.696 bits per heavy atom. The molecule has 0 saturated carbocycles. The molecule has 46 heavy (non-hydrogen) atoms. The largest absolute Gasteiger partial charge is 0.208 e. The summed E-state index contributed by atoms with van der Waals surface area (Å²) in [5.74, 6) is 1.85. The van der Waals surface area contributed by atoms with Crippen LogP contribution in [-0.4, -0.2) is 15.0 Å². The van der Waals surface area contributed by atoms with Crippen LogP contribution < -0.4 is 0 Å². The maximum atomic E-state index is 4.87. The average Bonchev–Trinajstić information content (AvgIpc) is 3.12. The van der Waals surface area contributed by atoms with Crippen molar-refractivity contribution < 1.29 is 0 Å². The third kappa shape index (κ3) is 7.11. The predicted octanol–water partition coefficient (Wildman–Crippen LogP) is 11.2. The first-order chi connectivity index (χ1) is 22.5. The molecule has 1 heterocycles. The lowest BCUT2D eigenvalue weighted by molar-refractivity contribution is 0.478. The number of hydrogen-bond donors (Lipinski definition) is 0. The van der Waals surface area contributed by atoms with Gasteiger partial charge in [0.05, 0.1) is 0 Å². The molecule has 0 amide bonds. The zero-order chi connectivity index (χ0) is 32.4. The fourth-order valence-corrected chi connectivity index (χ4v) is 5.90. The SMILES string of the molecule is C=C/C(=C\C=C\c1ccc(C(CC)(CC)c2ccc(-c3nc(C(=C)/C=C\C)nc(-c4ccccc4)n3)cc2)cc1)c1ccccc1. The van der Waals surface area contributed by atoms with Crippen molar-refractivity contribution in [3.05, 3.63) is 181 Å². The molecule has 228 valence electrons. The van der Waals surface area contributed by atoms with Crippen LogP contribution >= 0.6 is 0 Å². The zero-order valence-corrected chi connectivity index (χ0v) is 27.0. The molecule has 3 heteroatoms. The highest BCUT2D eigenvalue weighted by Crippen LogP contribution is 2.39. The van der Waals surface area contributed by atoms with E-state index in [1.54, 1.807) is 0 Å². The molecule has 3 nitrogen and oxygen atoms in total. The van der Waals surface area contributed by atoms with E-state index in [-0.39, 0.29) is 5.41 Å². The Hall–Kier alpha value is -5.41. The van der Waals surface area contributed by atoms with Gasteiger partial charge < -0.3 is 0 Å². The summed E-state index contributed by atoms with van der Waals surface area (Å²) in [6.45, 7) is 14.7. The standard InChI is InChI=1S/C43H41N3/c1-6-17-32(5)40-44-41(36-21-14-11-15-22-36)46-42(45-40)37-26-30-39(31-27-37)43(8-3,9-4)38-28-24-33(25-29-38)18-16-23-34(7-2)35-19-12-10-13-20-35/h6-7,10-31H,2,5,8-9H2,1,3-4H3/b17-6-,18-16+,34-23+. The van der Waals surface area contributed by atoms with E-state index in [1.807, 2.05) is 73.7 Å². The van der Waals surface area contributed by atoms with Crippen molar-refractivity contribution in [2.75, 3.05) is 0 Å². The van der Waals surface area contributed by atoms with Crippen molar-refractivity contribution in [3.8, 4) is 22.8 Å². The lowest BCUT2D eigenvalue weighted by atomic mass is 9.70. The molecular weight excluding hydrogens is 558 g/mol. The van der Waals surface area contributed by atoms with Gasteiger partial charge in [0, 0.05) is 22.1 Å². The summed E-state index contributed by atoms with van der Waals surface area (Å²) in [5.41, 5.74) is 8.54. The average molecular weight is 600 g/mol. The van der Waals surface area contributed by atoms with Crippen LogP contribution in [0.3, 0.4) is 0 Å². The predicted molar refractivity (Wildman–Crippen MR) is 196 cm³/mol. The van der Waals surface area contributed by atoms with E-state index in [0.717, 1.165) is 46.2 Å². The third-order valence-corrected chi connectivity index (χ3v) is 8.58. The van der Waals surface area contributed by atoms with Crippen LogP contribution in [0.4, 0.5) is 0 Å². The first kappa shape index (κ1) is 32.0. The smallest absolute Gasteiger partial charge is 0.164 e. The Morgan fingerprint density at radius 3 is 1.78 bits per heavy atom. The number of hydrogen-bond acceptors (Lipinski definition) is 3. The topological polar surface area (TPSA) is 38.7 Å². The Morgan fingerprint density at radius 2 is 1.24 bits per heavy atom. The first-order valence-electron chi connectivity index (χ1n) is 15.9. The molecule has 0 spiro atoms. The second-order valence-electron chi connectivity index (χ2n) is 11.2. The molecule has 0 aliphatic heterocycles. The summed E-state index contributed by atoms with van der Waals surface area (Å²) >= 11 is 0. The lowest BCUT2D eigenvalue weighted by Crippen LogP contribution is -2.26. The van der Waals surface area contributed by atoms with E-state index in [4.69, 9.17) is 15.0 Å². The van der Waals surface area contributed by atoms with Gasteiger partial charge in [-0.05, 0) is 47.6 Å². The van der Waals surface area contributed by atoms with E-state index in [0.29, 0.717) is 17.5 Å². The molecular formula is C43H41N3. The number of nitrogens with zero attached hydrogens (tertiary/aromatic N) is 3. The Bertz CT molecular complexity index is 1860. The van der Waals surface area contributed by atoms with E-state index in [9.17, 15) is 0 Å². The van der Waals surface area contributed by atoms with Crippen LogP contribution in [0.25, 0.3) is 40.0 Å². The number of aromatic nitrogens is 3. The first-order valence-corrected chi connectivity index (χ1v) is 15.9. The van der Waals surface area contributed by atoms with Crippen molar-refractivity contribution in [2.24, 2.45) is 0 Å². The highest BCUT2D eigenvalue weighted by molar-refractivity contribution is 5.76. The zero-order valence-electron chi connectivity index (χ0n) is 27.0. The number of benzene rings is 4. The Labute approximate surface area is 274 Å². The van der Waals surface area contributed by atoms with Gasteiger partial charge in [-0.25, -0.2) is 15.0 Å². The monoisotopic (exact) mass is 599 g/mol. The van der Waals surface area contributed by atoms with Gasteiger partial charge in [0.25, 0.3) is 0 Å². The minimum absolute atomic E-state index is 0.107. The van der Waals surface area contributed by atoms with E-state index < -0.39 is 0 Å². The van der Waals surface area contributed by atoms with Gasteiger partial charge in [0.1, 0.15) is 0 Å².